The van der Waals surface area contributed by atoms with Gasteiger partial charge in [-0.05, 0) is 41.1 Å². The number of aliphatic hydroxyl groups is 4. The second kappa shape index (κ2) is 8.04. The van der Waals surface area contributed by atoms with Gasteiger partial charge in [-0.1, -0.05) is 50.2 Å². The zero-order chi connectivity index (χ0) is 21.6. The highest BCUT2D eigenvalue weighted by molar-refractivity contribution is 7.19. The van der Waals surface area contributed by atoms with Gasteiger partial charge >= 0.3 is 0 Å². The Balaban J connectivity index is 1.74. The normalized spacial score (nSPS) is 27.5. The van der Waals surface area contributed by atoms with Gasteiger partial charge in [0.2, 0.25) is 0 Å². The van der Waals surface area contributed by atoms with Crippen molar-refractivity contribution in [3.8, 4) is 0 Å². The van der Waals surface area contributed by atoms with E-state index in [1.165, 1.54) is 15.0 Å². The number of aliphatic hydroxyl groups excluding tert-OH is 4. The van der Waals surface area contributed by atoms with Crippen LogP contribution in [-0.4, -0.2) is 51.4 Å². The van der Waals surface area contributed by atoms with Crippen molar-refractivity contribution in [3.05, 3.63) is 70.1 Å². The molecule has 5 nitrogen and oxygen atoms in total. The number of ether oxygens (including phenoxy) is 1. The monoisotopic (exact) mass is 428 g/mol. The maximum Gasteiger partial charge on any atom is 0.113 e. The molecule has 2 heterocycles. The van der Waals surface area contributed by atoms with Crippen LogP contribution in [0.5, 0.6) is 0 Å². The molecule has 4 N–H and O–H groups in total. The second-order valence-corrected chi connectivity index (χ2v) is 9.68. The van der Waals surface area contributed by atoms with Crippen LogP contribution in [0.15, 0.2) is 48.5 Å². The van der Waals surface area contributed by atoms with Gasteiger partial charge in [-0.25, -0.2) is 0 Å². The summed E-state index contributed by atoms with van der Waals surface area (Å²) in [4.78, 5) is 1.23. The van der Waals surface area contributed by atoms with Gasteiger partial charge in [-0.2, -0.15) is 0 Å². The van der Waals surface area contributed by atoms with E-state index in [4.69, 9.17) is 4.74 Å². The highest BCUT2D eigenvalue weighted by Gasteiger charge is 2.44. The molecule has 160 valence electrons. The molecule has 0 aliphatic carbocycles. The average molecular weight is 429 g/mol. The Morgan fingerprint density at radius 2 is 1.70 bits per heavy atom. The number of fused-ring (bicyclic) bond motifs is 1. The lowest BCUT2D eigenvalue weighted by Crippen LogP contribution is -2.55. The Hall–Kier alpha value is -1.80. The number of hydrogen-bond donors (Lipinski definition) is 4. The molecule has 5 atom stereocenters. The third kappa shape index (κ3) is 3.58. The van der Waals surface area contributed by atoms with E-state index < -0.39 is 37.1 Å². The number of aryl methyl sites for hydroxylation is 1. The molecule has 4 rings (SSSR count). The summed E-state index contributed by atoms with van der Waals surface area (Å²) in [6.45, 7) is 5.98. The molecule has 30 heavy (non-hydrogen) atoms. The summed E-state index contributed by atoms with van der Waals surface area (Å²) in [5.74, 6) is 0. The quantitative estimate of drug-likeness (QED) is 0.513. The van der Waals surface area contributed by atoms with Crippen LogP contribution in [0.3, 0.4) is 0 Å². The van der Waals surface area contributed by atoms with Crippen molar-refractivity contribution in [1.82, 2.24) is 0 Å². The molecule has 1 fully saturated rings. The van der Waals surface area contributed by atoms with E-state index >= 15 is 0 Å². The number of rotatable bonds is 4. The third-order valence-electron chi connectivity index (χ3n) is 6.20. The minimum Gasteiger partial charge on any atom is -0.394 e. The smallest absolute Gasteiger partial charge is 0.113 e. The van der Waals surface area contributed by atoms with Gasteiger partial charge in [0.05, 0.1) is 6.61 Å². The second-order valence-electron chi connectivity index (χ2n) is 8.60. The Morgan fingerprint density at radius 1 is 0.967 bits per heavy atom. The predicted molar refractivity (Wildman–Crippen MR) is 118 cm³/mol. The first kappa shape index (κ1) is 21.4. The van der Waals surface area contributed by atoms with Gasteiger partial charge in [-0.3, -0.25) is 0 Å². The van der Waals surface area contributed by atoms with Crippen LogP contribution in [-0.2, 0) is 10.2 Å². The number of thiophene rings is 1. The molecular formula is C24H28O5S. The zero-order valence-electron chi connectivity index (χ0n) is 17.3. The van der Waals surface area contributed by atoms with Gasteiger partial charge in [0.25, 0.3) is 0 Å². The molecule has 1 aliphatic rings. The highest BCUT2D eigenvalue weighted by Crippen LogP contribution is 2.42. The van der Waals surface area contributed by atoms with Crippen LogP contribution in [0.4, 0.5) is 0 Å². The Kier molecular flexibility index (Phi) is 5.74. The van der Waals surface area contributed by atoms with E-state index in [-0.39, 0.29) is 5.41 Å². The van der Waals surface area contributed by atoms with E-state index in [0.717, 1.165) is 11.1 Å². The van der Waals surface area contributed by atoms with Crippen LogP contribution in [0, 0.1) is 6.92 Å². The van der Waals surface area contributed by atoms with Crippen molar-refractivity contribution in [1.29, 1.82) is 0 Å². The van der Waals surface area contributed by atoms with Gasteiger partial charge in [0, 0.05) is 15.0 Å². The fraction of sp³-hybridized carbons (Fsp3) is 0.417. The molecule has 0 amide bonds. The number of hydrogen-bond acceptors (Lipinski definition) is 6. The van der Waals surface area contributed by atoms with Crippen molar-refractivity contribution in [2.45, 2.75) is 56.7 Å². The molecule has 0 bridgehead atoms. The van der Waals surface area contributed by atoms with Gasteiger partial charge in [-0.15, -0.1) is 11.3 Å². The molecule has 0 radical (unpaired) electrons. The molecule has 1 aliphatic heterocycles. The highest BCUT2D eigenvalue weighted by atomic mass is 32.1. The standard InChI is InChI=1S/C24H28O5S/c1-13-8-9-15(23-22(28)21(27)20(26)17(12-25)29-23)10-16(13)24(2,3)19-11-14-6-4-5-7-18(14)30-19/h4-11,17,20-23,25-28H,12H2,1-3H3/t17-,20-,21+,22-,23+/m1/s1. The molecule has 0 unspecified atom stereocenters. The lowest BCUT2D eigenvalue weighted by Gasteiger charge is -2.40. The fourth-order valence-corrected chi connectivity index (χ4v) is 5.47. The summed E-state index contributed by atoms with van der Waals surface area (Å²) in [5.41, 5.74) is 2.65. The molecular weight excluding hydrogens is 400 g/mol. The molecule has 3 aromatic rings. The van der Waals surface area contributed by atoms with Crippen molar-refractivity contribution >= 4 is 21.4 Å². The van der Waals surface area contributed by atoms with Crippen LogP contribution in [0.2, 0.25) is 0 Å². The molecule has 0 saturated carbocycles. The largest absolute Gasteiger partial charge is 0.394 e. The SMILES string of the molecule is Cc1ccc([C@@H]2O[C@H](CO)[C@@H](O)[C@H](O)[C@H]2O)cc1C(C)(C)c1cc2ccccc2s1. The van der Waals surface area contributed by atoms with E-state index in [9.17, 15) is 20.4 Å². The van der Waals surface area contributed by atoms with Crippen LogP contribution in [0.1, 0.15) is 41.5 Å². The maximum atomic E-state index is 10.5. The fourth-order valence-electron chi connectivity index (χ4n) is 4.29. The first-order valence-corrected chi connectivity index (χ1v) is 11.0. The van der Waals surface area contributed by atoms with Crippen molar-refractivity contribution in [2.75, 3.05) is 6.61 Å². The van der Waals surface area contributed by atoms with E-state index in [0.29, 0.717) is 5.56 Å². The topological polar surface area (TPSA) is 90.2 Å². The molecule has 1 saturated heterocycles. The van der Waals surface area contributed by atoms with Crippen molar-refractivity contribution < 1.29 is 25.2 Å². The Bertz CT molecular complexity index is 1010. The first-order chi connectivity index (χ1) is 14.2. The van der Waals surface area contributed by atoms with E-state index in [2.05, 4.69) is 39.0 Å². The molecule has 0 spiro atoms. The minimum absolute atomic E-state index is 0.280. The minimum atomic E-state index is -1.39. The Labute approximate surface area is 180 Å². The van der Waals surface area contributed by atoms with E-state index in [1.807, 2.05) is 30.3 Å². The van der Waals surface area contributed by atoms with Crippen molar-refractivity contribution in [2.24, 2.45) is 0 Å². The summed E-state index contributed by atoms with van der Waals surface area (Å²) in [5, 5.41) is 41.5. The summed E-state index contributed by atoms with van der Waals surface area (Å²) in [6.07, 6.45) is -5.79. The van der Waals surface area contributed by atoms with E-state index in [1.54, 1.807) is 11.3 Å². The van der Waals surface area contributed by atoms with Gasteiger partial charge < -0.3 is 25.2 Å². The van der Waals surface area contributed by atoms with Crippen LogP contribution >= 0.6 is 11.3 Å². The lowest BCUT2D eigenvalue weighted by atomic mass is 9.79. The summed E-state index contributed by atoms with van der Waals surface area (Å²) in [6, 6.07) is 16.4. The zero-order valence-corrected chi connectivity index (χ0v) is 18.1. The summed E-state index contributed by atoms with van der Waals surface area (Å²) in [7, 11) is 0. The van der Waals surface area contributed by atoms with Gasteiger partial charge in [0.15, 0.2) is 0 Å². The van der Waals surface area contributed by atoms with Crippen LogP contribution in [0.25, 0.3) is 10.1 Å². The average Bonchev–Trinajstić information content (AvgIpc) is 3.18. The lowest BCUT2D eigenvalue weighted by molar-refractivity contribution is -0.231. The summed E-state index contributed by atoms with van der Waals surface area (Å²) < 4.78 is 7.01. The predicted octanol–water partition coefficient (Wildman–Crippen LogP) is 3.05. The first-order valence-electron chi connectivity index (χ1n) is 10.1. The Morgan fingerprint density at radius 3 is 2.40 bits per heavy atom. The van der Waals surface area contributed by atoms with Crippen LogP contribution < -0.4 is 0 Å². The number of benzene rings is 2. The molecule has 6 heteroatoms. The molecule has 1 aromatic heterocycles. The maximum absolute atomic E-state index is 10.5. The third-order valence-corrected chi connectivity index (χ3v) is 7.64. The summed E-state index contributed by atoms with van der Waals surface area (Å²) >= 11 is 1.77. The molecule has 2 aromatic carbocycles. The van der Waals surface area contributed by atoms with Gasteiger partial charge in [0.1, 0.15) is 30.5 Å². The van der Waals surface area contributed by atoms with Crippen molar-refractivity contribution in [3.63, 3.8) is 0 Å².